The molecule has 0 bridgehead atoms. The molecule has 7 heteroatoms. The lowest BCUT2D eigenvalue weighted by Crippen LogP contribution is -2.31. The number of hydrogen-bond acceptors (Lipinski definition) is 2. The minimum Gasteiger partial charge on any atom is -0.325 e. The number of hydrogen-bond donors (Lipinski definition) is 1. The van der Waals surface area contributed by atoms with Gasteiger partial charge in [0.2, 0.25) is 5.91 Å². The Morgan fingerprint density at radius 3 is 2.50 bits per heavy atom. The average molecular weight is 305 g/mol. The summed E-state index contributed by atoms with van der Waals surface area (Å²) in [5.41, 5.74) is -2.38. The molecule has 0 aliphatic carbocycles. The molecule has 0 saturated heterocycles. The van der Waals surface area contributed by atoms with Gasteiger partial charge in [-0.1, -0.05) is 18.5 Å². The number of anilines is 1. The van der Waals surface area contributed by atoms with Crippen LogP contribution < -0.4 is 5.32 Å². The van der Waals surface area contributed by atoms with E-state index in [1.165, 1.54) is 13.0 Å². The van der Waals surface area contributed by atoms with Gasteiger partial charge in [0.15, 0.2) is 0 Å². The molecule has 1 amide bonds. The van der Waals surface area contributed by atoms with Gasteiger partial charge < -0.3 is 5.32 Å². The molecule has 0 saturated carbocycles. The maximum atomic E-state index is 12.7. The van der Waals surface area contributed by atoms with Crippen molar-refractivity contribution in [1.82, 2.24) is 0 Å². The number of amides is 1. The van der Waals surface area contributed by atoms with Crippen LogP contribution in [0.25, 0.3) is 0 Å². The lowest BCUT2D eigenvalue weighted by Gasteiger charge is -2.19. The van der Waals surface area contributed by atoms with Crippen molar-refractivity contribution in [1.29, 1.82) is 5.26 Å². The molecule has 1 aromatic carbocycles. The van der Waals surface area contributed by atoms with E-state index in [0.717, 1.165) is 12.1 Å². The van der Waals surface area contributed by atoms with Crippen LogP contribution in [0.15, 0.2) is 18.2 Å². The van der Waals surface area contributed by atoms with Crippen LogP contribution in [0, 0.1) is 16.7 Å². The lowest BCUT2D eigenvalue weighted by molar-refractivity contribution is -0.137. The fraction of sp³-hybridized carbons (Fsp3) is 0.385. The number of halogens is 4. The van der Waals surface area contributed by atoms with Gasteiger partial charge in [0.05, 0.1) is 16.7 Å². The fourth-order valence-corrected chi connectivity index (χ4v) is 1.60. The summed E-state index contributed by atoms with van der Waals surface area (Å²) >= 11 is 5.48. The molecule has 0 aliphatic heterocycles. The summed E-state index contributed by atoms with van der Waals surface area (Å²) in [6, 6.07) is 4.89. The Morgan fingerprint density at radius 1 is 1.45 bits per heavy atom. The van der Waals surface area contributed by atoms with Crippen LogP contribution in [0.5, 0.6) is 0 Å². The Balaban J connectivity index is 3.07. The molecule has 0 spiro atoms. The topological polar surface area (TPSA) is 52.9 Å². The average Bonchev–Trinajstić information content (AvgIpc) is 2.38. The number of alkyl halides is 3. The normalized spacial score (nSPS) is 14.2. The van der Waals surface area contributed by atoms with Crippen molar-refractivity contribution in [2.75, 3.05) is 5.32 Å². The Morgan fingerprint density at radius 2 is 2.05 bits per heavy atom. The zero-order chi connectivity index (χ0) is 15.6. The van der Waals surface area contributed by atoms with Crippen molar-refractivity contribution >= 4 is 23.2 Å². The van der Waals surface area contributed by atoms with Crippen LogP contribution in [0.4, 0.5) is 18.9 Å². The number of carbonyl (C=O) groups is 1. The SMILES string of the molecule is CCC(C)(C#N)C(=O)Nc1ccc(Cl)c(C(F)(F)F)c1. The smallest absolute Gasteiger partial charge is 0.325 e. The zero-order valence-corrected chi connectivity index (χ0v) is 11.6. The van der Waals surface area contributed by atoms with E-state index in [1.54, 1.807) is 6.92 Å². The molecule has 0 fully saturated rings. The van der Waals surface area contributed by atoms with E-state index in [0.29, 0.717) is 0 Å². The third-order valence-electron chi connectivity index (χ3n) is 2.98. The van der Waals surface area contributed by atoms with E-state index in [1.807, 2.05) is 6.07 Å². The second-order valence-corrected chi connectivity index (χ2v) is 4.85. The van der Waals surface area contributed by atoms with E-state index >= 15 is 0 Å². The zero-order valence-electron chi connectivity index (χ0n) is 10.8. The first kappa shape index (κ1) is 16.3. The number of nitrogens with one attached hydrogen (secondary N) is 1. The Bertz CT molecular complexity index is 566. The van der Waals surface area contributed by atoms with Gasteiger partial charge >= 0.3 is 6.18 Å². The molecule has 20 heavy (non-hydrogen) atoms. The first-order valence-corrected chi connectivity index (χ1v) is 6.11. The van der Waals surface area contributed by atoms with Crippen molar-refractivity contribution in [2.45, 2.75) is 26.4 Å². The van der Waals surface area contributed by atoms with Gasteiger partial charge in [-0.25, -0.2) is 0 Å². The van der Waals surface area contributed by atoms with Gasteiger partial charge in [-0.05, 0) is 31.5 Å². The summed E-state index contributed by atoms with van der Waals surface area (Å²) < 4.78 is 38.0. The van der Waals surface area contributed by atoms with Crippen LogP contribution in [0.3, 0.4) is 0 Å². The molecule has 0 radical (unpaired) electrons. The van der Waals surface area contributed by atoms with Crippen molar-refractivity contribution in [3.05, 3.63) is 28.8 Å². The third kappa shape index (κ3) is 3.42. The van der Waals surface area contributed by atoms with E-state index in [-0.39, 0.29) is 12.1 Å². The molecular formula is C13H12ClF3N2O. The molecule has 3 nitrogen and oxygen atoms in total. The van der Waals surface area contributed by atoms with Crippen molar-refractivity contribution in [3.8, 4) is 6.07 Å². The number of benzene rings is 1. The van der Waals surface area contributed by atoms with E-state index in [9.17, 15) is 18.0 Å². The highest BCUT2D eigenvalue weighted by atomic mass is 35.5. The predicted molar refractivity (Wildman–Crippen MR) is 69.1 cm³/mol. The standard InChI is InChI=1S/C13H12ClF3N2O/c1-3-12(2,7-18)11(20)19-8-4-5-10(14)9(6-8)13(15,16)17/h4-6H,3H2,1-2H3,(H,19,20). The number of rotatable bonds is 3. The van der Waals surface area contributed by atoms with Crippen LogP contribution in [0.2, 0.25) is 5.02 Å². The third-order valence-corrected chi connectivity index (χ3v) is 3.31. The predicted octanol–water partition coefficient (Wildman–Crippen LogP) is 4.24. The number of carbonyl (C=O) groups excluding carboxylic acids is 1. The Kier molecular flexibility index (Phi) is 4.66. The van der Waals surface area contributed by atoms with Crippen LogP contribution >= 0.6 is 11.6 Å². The summed E-state index contributed by atoms with van der Waals surface area (Å²) in [7, 11) is 0. The molecule has 1 aromatic rings. The molecule has 1 atom stereocenters. The lowest BCUT2D eigenvalue weighted by atomic mass is 9.88. The maximum Gasteiger partial charge on any atom is 0.417 e. The van der Waals surface area contributed by atoms with Gasteiger partial charge in [0, 0.05) is 5.69 Å². The van der Waals surface area contributed by atoms with Gasteiger partial charge in [-0.3, -0.25) is 4.79 Å². The first-order valence-electron chi connectivity index (χ1n) is 5.73. The molecule has 1 N–H and O–H groups in total. The second kappa shape index (κ2) is 5.71. The highest BCUT2D eigenvalue weighted by molar-refractivity contribution is 6.31. The molecular weight excluding hydrogens is 293 g/mol. The minimum absolute atomic E-state index is 0.0540. The molecule has 0 heterocycles. The summed E-state index contributed by atoms with van der Waals surface area (Å²) in [5.74, 6) is -0.655. The van der Waals surface area contributed by atoms with E-state index in [2.05, 4.69) is 5.32 Å². The molecule has 1 unspecified atom stereocenters. The van der Waals surface area contributed by atoms with Gasteiger partial charge in [0.25, 0.3) is 0 Å². The van der Waals surface area contributed by atoms with Crippen molar-refractivity contribution in [3.63, 3.8) is 0 Å². The first-order chi connectivity index (χ1) is 9.14. The number of nitriles is 1. The van der Waals surface area contributed by atoms with E-state index < -0.39 is 28.1 Å². The molecule has 0 aliphatic rings. The minimum atomic E-state index is -4.61. The van der Waals surface area contributed by atoms with Crippen LogP contribution in [-0.2, 0) is 11.0 Å². The quantitative estimate of drug-likeness (QED) is 0.908. The number of nitrogens with zero attached hydrogens (tertiary/aromatic N) is 1. The maximum absolute atomic E-state index is 12.7. The van der Waals surface area contributed by atoms with Crippen molar-refractivity contribution < 1.29 is 18.0 Å². The van der Waals surface area contributed by atoms with Gasteiger partial charge in [-0.15, -0.1) is 0 Å². The Hall–Kier alpha value is -1.74. The summed E-state index contributed by atoms with van der Waals surface area (Å²) in [6.07, 6.45) is -4.36. The monoisotopic (exact) mass is 304 g/mol. The highest BCUT2D eigenvalue weighted by Crippen LogP contribution is 2.36. The van der Waals surface area contributed by atoms with Gasteiger partial charge in [0.1, 0.15) is 5.41 Å². The highest BCUT2D eigenvalue weighted by Gasteiger charge is 2.35. The summed E-state index contributed by atoms with van der Waals surface area (Å²) in [4.78, 5) is 11.9. The Labute approximate surface area is 119 Å². The molecule has 1 rings (SSSR count). The van der Waals surface area contributed by atoms with Crippen LogP contribution in [0.1, 0.15) is 25.8 Å². The molecule has 108 valence electrons. The largest absolute Gasteiger partial charge is 0.417 e. The second-order valence-electron chi connectivity index (χ2n) is 4.44. The summed E-state index contributed by atoms with van der Waals surface area (Å²) in [5, 5.41) is 10.8. The van der Waals surface area contributed by atoms with Gasteiger partial charge in [-0.2, -0.15) is 18.4 Å². The van der Waals surface area contributed by atoms with Crippen molar-refractivity contribution in [2.24, 2.45) is 5.41 Å². The summed E-state index contributed by atoms with van der Waals surface area (Å²) in [6.45, 7) is 3.06. The van der Waals surface area contributed by atoms with Crippen LogP contribution in [-0.4, -0.2) is 5.91 Å². The fourth-order valence-electron chi connectivity index (χ4n) is 1.38. The van der Waals surface area contributed by atoms with E-state index in [4.69, 9.17) is 16.9 Å². The molecule has 0 aromatic heterocycles.